The first-order chi connectivity index (χ1) is 18.6. The Hall–Kier alpha value is -3.71. The molecule has 1 saturated carbocycles. The summed E-state index contributed by atoms with van der Waals surface area (Å²) in [5.74, 6) is -1.17. The zero-order valence-electron chi connectivity index (χ0n) is 21.1. The zero-order chi connectivity index (χ0) is 27.7. The van der Waals surface area contributed by atoms with Crippen LogP contribution in [0.3, 0.4) is 0 Å². The van der Waals surface area contributed by atoms with Gasteiger partial charge in [-0.3, -0.25) is 19.1 Å². The number of halogens is 1. The quantitative estimate of drug-likeness (QED) is 0.385. The molecule has 3 aromatic heterocycles. The number of hydrogen-bond acceptors (Lipinski definition) is 8. The van der Waals surface area contributed by atoms with Crippen LogP contribution in [0, 0.1) is 5.92 Å². The van der Waals surface area contributed by atoms with Crippen molar-refractivity contribution in [3.05, 3.63) is 41.2 Å². The molecule has 0 spiro atoms. The van der Waals surface area contributed by atoms with Crippen molar-refractivity contribution in [2.24, 2.45) is 5.92 Å². The molecular weight excluding hydrogens is 548 g/mol. The largest absolute Gasteiger partial charge is 0.447 e. The van der Waals surface area contributed by atoms with Crippen LogP contribution < -0.4 is 15.4 Å². The molecule has 2 aliphatic rings. The van der Waals surface area contributed by atoms with Gasteiger partial charge in [0, 0.05) is 31.1 Å². The molecular formula is C25H27ClN6O6S. The van der Waals surface area contributed by atoms with Crippen molar-refractivity contribution in [3.63, 3.8) is 0 Å². The first kappa shape index (κ1) is 26.9. The van der Waals surface area contributed by atoms with Gasteiger partial charge in [0.15, 0.2) is 5.58 Å². The van der Waals surface area contributed by atoms with E-state index in [0.29, 0.717) is 37.1 Å². The second kappa shape index (κ2) is 10.8. The Morgan fingerprint density at radius 3 is 2.46 bits per heavy atom. The molecule has 1 aliphatic heterocycles. The van der Waals surface area contributed by atoms with Crippen molar-refractivity contribution < 1.29 is 27.2 Å². The van der Waals surface area contributed by atoms with E-state index < -0.39 is 15.9 Å². The number of pyridine rings is 2. The van der Waals surface area contributed by atoms with Gasteiger partial charge in [-0.1, -0.05) is 11.6 Å². The smallest absolute Gasteiger partial charge is 0.294 e. The molecule has 0 atom stereocenters. The van der Waals surface area contributed by atoms with Gasteiger partial charge in [0.1, 0.15) is 22.8 Å². The number of hydrogen-bond donors (Lipinski definition) is 3. The van der Waals surface area contributed by atoms with Gasteiger partial charge in [0.05, 0.1) is 11.3 Å². The average molecular weight is 575 g/mol. The van der Waals surface area contributed by atoms with E-state index in [1.54, 1.807) is 6.07 Å². The summed E-state index contributed by atoms with van der Waals surface area (Å²) < 4.78 is 31.5. The summed E-state index contributed by atoms with van der Waals surface area (Å²) in [5.41, 5.74) is 0.313. The lowest BCUT2D eigenvalue weighted by molar-refractivity contribution is -0.130. The lowest BCUT2D eigenvalue weighted by atomic mass is 9.84. The van der Waals surface area contributed by atoms with Crippen LogP contribution in [0.25, 0.3) is 11.1 Å². The SMILES string of the molecule is CS(=O)(=O)Nc1ccc2oc(C(=O)Nc3ccc(Cl)cn3)c(NC(=O)[C@H]3CC[C@H](N4CCCC4=O)CC3)c2n1. The van der Waals surface area contributed by atoms with Crippen LogP contribution in [0.5, 0.6) is 0 Å². The van der Waals surface area contributed by atoms with Crippen LogP contribution in [0.2, 0.25) is 5.02 Å². The van der Waals surface area contributed by atoms with E-state index in [1.807, 2.05) is 4.90 Å². The van der Waals surface area contributed by atoms with Crippen molar-refractivity contribution in [1.29, 1.82) is 0 Å². The molecule has 1 saturated heterocycles. The summed E-state index contributed by atoms with van der Waals surface area (Å²) in [4.78, 5) is 48.9. The average Bonchev–Trinajstić information content (AvgIpc) is 3.48. The Labute approximate surface area is 229 Å². The van der Waals surface area contributed by atoms with Crippen molar-refractivity contribution in [2.75, 3.05) is 28.2 Å². The van der Waals surface area contributed by atoms with Crippen LogP contribution in [-0.4, -0.2) is 59.8 Å². The van der Waals surface area contributed by atoms with Gasteiger partial charge >= 0.3 is 0 Å². The highest BCUT2D eigenvalue weighted by Crippen LogP contribution is 2.35. The molecule has 39 heavy (non-hydrogen) atoms. The van der Waals surface area contributed by atoms with E-state index in [0.717, 1.165) is 19.2 Å². The van der Waals surface area contributed by atoms with Crippen molar-refractivity contribution >= 4 is 67.8 Å². The maximum absolute atomic E-state index is 13.4. The Morgan fingerprint density at radius 2 is 1.82 bits per heavy atom. The van der Waals surface area contributed by atoms with Gasteiger partial charge in [-0.15, -0.1) is 0 Å². The van der Waals surface area contributed by atoms with E-state index in [1.165, 1.54) is 24.4 Å². The third kappa shape index (κ3) is 6.14. The van der Waals surface area contributed by atoms with E-state index in [9.17, 15) is 22.8 Å². The van der Waals surface area contributed by atoms with Gasteiger partial charge in [0.2, 0.25) is 27.6 Å². The number of anilines is 3. The van der Waals surface area contributed by atoms with Crippen LogP contribution in [0.4, 0.5) is 17.3 Å². The Morgan fingerprint density at radius 1 is 1.08 bits per heavy atom. The van der Waals surface area contributed by atoms with Crippen LogP contribution >= 0.6 is 11.6 Å². The van der Waals surface area contributed by atoms with Gasteiger partial charge in [-0.05, 0) is 56.4 Å². The summed E-state index contributed by atoms with van der Waals surface area (Å²) >= 11 is 5.87. The summed E-state index contributed by atoms with van der Waals surface area (Å²) in [6.45, 7) is 0.762. The van der Waals surface area contributed by atoms with Gasteiger partial charge in [-0.2, -0.15) is 0 Å². The van der Waals surface area contributed by atoms with Crippen molar-refractivity contribution in [1.82, 2.24) is 14.9 Å². The number of carbonyl (C=O) groups excluding carboxylic acids is 3. The van der Waals surface area contributed by atoms with Gasteiger partial charge < -0.3 is 20.0 Å². The third-order valence-electron chi connectivity index (χ3n) is 6.87. The summed E-state index contributed by atoms with van der Waals surface area (Å²) in [5, 5.41) is 5.80. The number of fused-ring (bicyclic) bond motifs is 1. The van der Waals surface area contributed by atoms with Gasteiger partial charge in [-0.25, -0.2) is 18.4 Å². The second-order valence-electron chi connectivity index (χ2n) is 9.72. The highest BCUT2D eigenvalue weighted by molar-refractivity contribution is 7.92. The fraction of sp³-hybridized carbons (Fsp3) is 0.400. The number of carbonyl (C=O) groups is 3. The number of likely N-dealkylation sites (tertiary alicyclic amines) is 1. The molecule has 3 N–H and O–H groups in total. The molecule has 1 aliphatic carbocycles. The highest BCUT2D eigenvalue weighted by atomic mass is 35.5. The molecule has 12 nitrogen and oxygen atoms in total. The van der Waals surface area contributed by atoms with Crippen molar-refractivity contribution in [3.8, 4) is 0 Å². The summed E-state index contributed by atoms with van der Waals surface area (Å²) in [7, 11) is -3.63. The zero-order valence-corrected chi connectivity index (χ0v) is 22.6. The topological polar surface area (TPSA) is 164 Å². The molecule has 2 fully saturated rings. The Kier molecular flexibility index (Phi) is 7.45. The van der Waals surface area contributed by atoms with E-state index in [-0.39, 0.29) is 58.0 Å². The molecule has 0 unspecified atom stereocenters. The minimum atomic E-state index is -3.63. The number of nitrogens with zero attached hydrogens (tertiary/aromatic N) is 3. The molecule has 206 valence electrons. The standard InChI is InChI=1S/C25H27ClN6O6S/c1-39(36,37)31-19-11-9-17-21(28-19)22(23(38-17)25(35)29-18-10-6-15(26)13-27-18)30-24(34)14-4-7-16(8-5-14)32-12-2-3-20(32)33/h6,9-11,13-14,16H,2-5,7-8,12H2,1H3,(H,28,31)(H,30,34)(H,27,29,35)/t14-,16-. The van der Waals surface area contributed by atoms with E-state index in [4.69, 9.17) is 16.0 Å². The number of rotatable bonds is 7. The molecule has 4 heterocycles. The molecule has 3 amide bonds. The monoisotopic (exact) mass is 574 g/mol. The second-order valence-corrected chi connectivity index (χ2v) is 11.9. The number of amides is 3. The van der Waals surface area contributed by atoms with Crippen LogP contribution in [-0.2, 0) is 19.6 Å². The van der Waals surface area contributed by atoms with Crippen molar-refractivity contribution in [2.45, 2.75) is 44.6 Å². The molecule has 14 heteroatoms. The number of nitrogens with one attached hydrogen (secondary N) is 3. The Balaban J connectivity index is 1.40. The maximum atomic E-state index is 13.4. The fourth-order valence-corrected chi connectivity index (χ4v) is 5.66. The van der Waals surface area contributed by atoms with Gasteiger partial charge in [0.25, 0.3) is 5.91 Å². The lowest BCUT2D eigenvalue weighted by Crippen LogP contribution is -2.40. The first-order valence-corrected chi connectivity index (χ1v) is 14.8. The number of furan rings is 1. The molecule has 0 radical (unpaired) electrons. The van der Waals surface area contributed by atoms with Crippen LogP contribution in [0.1, 0.15) is 49.1 Å². The van der Waals surface area contributed by atoms with E-state index >= 15 is 0 Å². The minimum absolute atomic E-state index is 0.00316. The number of aromatic nitrogens is 2. The predicted octanol–water partition coefficient (Wildman–Crippen LogP) is 3.62. The molecule has 3 aromatic rings. The minimum Gasteiger partial charge on any atom is -0.447 e. The van der Waals surface area contributed by atoms with Crippen LogP contribution in [0.15, 0.2) is 34.9 Å². The fourth-order valence-electron chi connectivity index (χ4n) is 5.05. The number of sulfonamides is 1. The first-order valence-electron chi connectivity index (χ1n) is 12.5. The maximum Gasteiger partial charge on any atom is 0.294 e. The molecule has 5 rings (SSSR count). The molecule has 0 aromatic carbocycles. The van der Waals surface area contributed by atoms with E-state index in [2.05, 4.69) is 25.3 Å². The normalized spacial score (nSPS) is 19.7. The predicted molar refractivity (Wildman–Crippen MR) is 145 cm³/mol. The third-order valence-corrected chi connectivity index (χ3v) is 7.67. The lowest BCUT2D eigenvalue weighted by Gasteiger charge is -2.34. The summed E-state index contributed by atoms with van der Waals surface area (Å²) in [6.07, 6.45) is 6.40. The Bertz CT molecular complexity index is 1530. The summed E-state index contributed by atoms with van der Waals surface area (Å²) in [6, 6.07) is 6.06. The highest BCUT2D eigenvalue weighted by Gasteiger charge is 2.34. The molecule has 0 bridgehead atoms.